The van der Waals surface area contributed by atoms with E-state index in [-0.39, 0.29) is 18.1 Å². The Balaban J connectivity index is 2.60. The van der Waals surface area contributed by atoms with Crippen LogP contribution in [0.3, 0.4) is 0 Å². The Morgan fingerprint density at radius 2 is 1.76 bits per heavy atom. The Bertz CT molecular complexity index is 412. The van der Waals surface area contributed by atoms with E-state index in [2.05, 4.69) is 13.8 Å². The molecule has 0 bridgehead atoms. The first-order valence-corrected chi connectivity index (χ1v) is 7.76. The molecule has 0 aliphatic rings. The van der Waals surface area contributed by atoms with Crippen molar-refractivity contribution < 1.29 is 14.6 Å². The van der Waals surface area contributed by atoms with E-state index in [1.54, 1.807) is 0 Å². The molecule has 0 unspecified atom stereocenters. The predicted molar refractivity (Wildman–Crippen MR) is 84.9 cm³/mol. The van der Waals surface area contributed by atoms with Crippen LogP contribution in [0, 0.1) is 11.8 Å². The lowest BCUT2D eigenvalue weighted by atomic mass is 9.95. The Morgan fingerprint density at radius 1 is 1.14 bits per heavy atom. The first-order chi connectivity index (χ1) is 9.90. The summed E-state index contributed by atoms with van der Waals surface area (Å²) in [4.78, 5) is 12.3. The molecule has 0 saturated heterocycles. The number of hydrogen-bond acceptors (Lipinski definition) is 3. The summed E-state index contributed by atoms with van der Waals surface area (Å²) in [6.45, 7) is 8.41. The van der Waals surface area contributed by atoms with Crippen LogP contribution < -0.4 is 0 Å². The molecule has 0 heterocycles. The van der Waals surface area contributed by atoms with E-state index in [0.717, 1.165) is 5.56 Å². The van der Waals surface area contributed by atoms with Crippen molar-refractivity contribution in [2.75, 3.05) is 0 Å². The van der Waals surface area contributed by atoms with E-state index in [0.29, 0.717) is 18.9 Å². The average molecular weight is 292 g/mol. The summed E-state index contributed by atoms with van der Waals surface area (Å²) in [7, 11) is 0. The summed E-state index contributed by atoms with van der Waals surface area (Å²) in [5.41, 5.74) is 1.06. The molecule has 3 nitrogen and oxygen atoms in total. The Labute approximate surface area is 128 Å². The van der Waals surface area contributed by atoms with Crippen LogP contribution in [0.5, 0.6) is 0 Å². The zero-order valence-corrected chi connectivity index (χ0v) is 13.6. The van der Waals surface area contributed by atoms with Crippen LogP contribution in [0.25, 0.3) is 0 Å². The summed E-state index contributed by atoms with van der Waals surface area (Å²) in [6.07, 6.45) is -0.161. The maximum atomic E-state index is 12.3. The minimum absolute atomic E-state index is 0.000770. The third kappa shape index (κ3) is 6.87. The highest BCUT2D eigenvalue weighted by molar-refractivity contribution is 5.83. The van der Waals surface area contributed by atoms with Crippen molar-refractivity contribution >= 4 is 5.78 Å². The SMILES string of the molecule is CC(C)C[C@H](OCc1ccccc1)C(=O)C[C@H](O)C(C)C. The third-order valence-corrected chi connectivity index (χ3v) is 3.52. The van der Waals surface area contributed by atoms with Crippen LogP contribution >= 0.6 is 0 Å². The van der Waals surface area contributed by atoms with Gasteiger partial charge in [0, 0.05) is 6.42 Å². The minimum Gasteiger partial charge on any atom is -0.392 e. The van der Waals surface area contributed by atoms with E-state index < -0.39 is 12.2 Å². The molecule has 0 aliphatic heterocycles. The van der Waals surface area contributed by atoms with Crippen molar-refractivity contribution in [2.45, 2.75) is 59.4 Å². The number of aliphatic hydroxyl groups is 1. The highest BCUT2D eigenvalue weighted by atomic mass is 16.5. The number of Topliss-reactive ketones (excluding diaryl/α,β-unsaturated/α-hetero) is 1. The number of rotatable bonds is 9. The minimum atomic E-state index is -0.590. The number of hydrogen-bond donors (Lipinski definition) is 1. The van der Waals surface area contributed by atoms with Gasteiger partial charge in [-0.1, -0.05) is 58.0 Å². The molecule has 0 saturated carbocycles. The van der Waals surface area contributed by atoms with Gasteiger partial charge in [0.2, 0.25) is 0 Å². The zero-order valence-electron chi connectivity index (χ0n) is 13.6. The summed E-state index contributed by atoms with van der Waals surface area (Å²) >= 11 is 0. The molecule has 3 heteroatoms. The van der Waals surface area contributed by atoms with Gasteiger partial charge < -0.3 is 9.84 Å². The van der Waals surface area contributed by atoms with Crippen molar-refractivity contribution in [1.29, 1.82) is 0 Å². The molecule has 1 N–H and O–H groups in total. The topological polar surface area (TPSA) is 46.5 Å². The molecule has 2 atom stereocenters. The van der Waals surface area contributed by atoms with Gasteiger partial charge in [-0.05, 0) is 23.8 Å². The second kappa shape index (κ2) is 8.96. The van der Waals surface area contributed by atoms with E-state index in [1.165, 1.54) is 0 Å². The average Bonchev–Trinajstić information content (AvgIpc) is 2.43. The van der Waals surface area contributed by atoms with Gasteiger partial charge in [-0.15, -0.1) is 0 Å². The second-order valence-corrected chi connectivity index (χ2v) is 6.40. The highest BCUT2D eigenvalue weighted by Gasteiger charge is 2.24. The van der Waals surface area contributed by atoms with Crippen LogP contribution in [0.1, 0.15) is 46.1 Å². The third-order valence-electron chi connectivity index (χ3n) is 3.52. The predicted octanol–water partition coefficient (Wildman–Crippen LogP) is 3.59. The van der Waals surface area contributed by atoms with Crippen molar-refractivity contribution in [1.82, 2.24) is 0 Å². The Hall–Kier alpha value is -1.19. The van der Waals surface area contributed by atoms with Crippen LogP contribution in [0.4, 0.5) is 0 Å². The zero-order chi connectivity index (χ0) is 15.8. The Morgan fingerprint density at radius 3 is 2.29 bits per heavy atom. The van der Waals surface area contributed by atoms with Gasteiger partial charge in [-0.25, -0.2) is 0 Å². The van der Waals surface area contributed by atoms with Gasteiger partial charge in [-0.2, -0.15) is 0 Å². The summed E-state index contributed by atoms with van der Waals surface area (Å²) in [5, 5.41) is 9.89. The van der Waals surface area contributed by atoms with Crippen molar-refractivity contribution in [3.05, 3.63) is 35.9 Å². The first kappa shape index (κ1) is 17.9. The number of carbonyl (C=O) groups excluding carboxylic acids is 1. The number of aliphatic hydroxyl groups excluding tert-OH is 1. The van der Waals surface area contributed by atoms with E-state index in [1.807, 2.05) is 44.2 Å². The summed E-state index contributed by atoms with van der Waals surface area (Å²) in [5.74, 6) is 0.467. The van der Waals surface area contributed by atoms with Crippen LogP contribution in [-0.4, -0.2) is 23.1 Å². The molecule has 118 valence electrons. The quantitative estimate of drug-likeness (QED) is 0.756. The highest BCUT2D eigenvalue weighted by Crippen LogP contribution is 2.16. The standard InChI is InChI=1S/C18H28O3/c1-13(2)10-18(17(20)11-16(19)14(3)4)21-12-15-8-6-5-7-9-15/h5-9,13-14,16,18-19H,10-12H2,1-4H3/t16-,18-/m0/s1. The molecule has 0 aliphatic carbocycles. The maximum Gasteiger partial charge on any atom is 0.164 e. The molecular formula is C18H28O3. The molecule has 1 aromatic carbocycles. The first-order valence-electron chi connectivity index (χ1n) is 7.76. The number of ether oxygens (including phenoxy) is 1. The summed E-state index contributed by atoms with van der Waals surface area (Å²) in [6, 6.07) is 9.85. The smallest absolute Gasteiger partial charge is 0.164 e. The van der Waals surface area contributed by atoms with Crippen LogP contribution in [-0.2, 0) is 16.1 Å². The molecule has 1 rings (SSSR count). The fourth-order valence-corrected chi connectivity index (χ4v) is 2.06. The molecule has 0 fully saturated rings. The molecule has 1 aromatic rings. The molecule has 0 amide bonds. The van der Waals surface area contributed by atoms with Gasteiger partial charge >= 0.3 is 0 Å². The number of benzene rings is 1. The maximum absolute atomic E-state index is 12.3. The van der Waals surface area contributed by atoms with Crippen LogP contribution in [0.15, 0.2) is 30.3 Å². The van der Waals surface area contributed by atoms with Gasteiger partial charge in [0.1, 0.15) is 6.10 Å². The van der Waals surface area contributed by atoms with Gasteiger partial charge in [0.05, 0.1) is 12.7 Å². The molecule has 21 heavy (non-hydrogen) atoms. The van der Waals surface area contributed by atoms with Crippen molar-refractivity contribution in [3.63, 3.8) is 0 Å². The van der Waals surface area contributed by atoms with E-state index >= 15 is 0 Å². The second-order valence-electron chi connectivity index (χ2n) is 6.40. The normalized spacial score (nSPS) is 14.4. The van der Waals surface area contributed by atoms with Crippen LogP contribution in [0.2, 0.25) is 0 Å². The fraction of sp³-hybridized carbons (Fsp3) is 0.611. The molecular weight excluding hydrogens is 264 g/mol. The van der Waals surface area contributed by atoms with Gasteiger partial charge in [-0.3, -0.25) is 4.79 Å². The largest absolute Gasteiger partial charge is 0.392 e. The van der Waals surface area contributed by atoms with Crippen molar-refractivity contribution in [2.24, 2.45) is 11.8 Å². The number of ketones is 1. The van der Waals surface area contributed by atoms with E-state index in [4.69, 9.17) is 4.74 Å². The molecule has 0 spiro atoms. The van der Waals surface area contributed by atoms with Crippen molar-refractivity contribution in [3.8, 4) is 0 Å². The lowest BCUT2D eigenvalue weighted by molar-refractivity contribution is -0.135. The lowest BCUT2D eigenvalue weighted by Gasteiger charge is -2.21. The lowest BCUT2D eigenvalue weighted by Crippen LogP contribution is -2.31. The summed E-state index contributed by atoms with van der Waals surface area (Å²) < 4.78 is 5.82. The molecule has 0 aromatic heterocycles. The fourth-order valence-electron chi connectivity index (χ4n) is 2.06. The molecule has 0 radical (unpaired) electrons. The van der Waals surface area contributed by atoms with E-state index in [9.17, 15) is 9.90 Å². The van der Waals surface area contributed by atoms with Gasteiger partial charge in [0.15, 0.2) is 5.78 Å². The monoisotopic (exact) mass is 292 g/mol. The van der Waals surface area contributed by atoms with Gasteiger partial charge in [0.25, 0.3) is 0 Å². The Kier molecular flexibility index (Phi) is 7.62. The number of carbonyl (C=O) groups is 1.